The summed E-state index contributed by atoms with van der Waals surface area (Å²) in [6.45, 7) is 5.01. The Morgan fingerprint density at radius 3 is 2.70 bits per heavy atom. The summed E-state index contributed by atoms with van der Waals surface area (Å²) in [5.74, 6) is 0.672. The first-order valence-corrected chi connectivity index (χ1v) is 7.93. The first-order chi connectivity index (χ1) is 11.0. The highest BCUT2D eigenvalue weighted by atomic mass is 16.3. The zero-order chi connectivity index (χ0) is 16.4. The second-order valence-electron chi connectivity index (χ2n) is 6.14. The third-order valence-electron chi connectivity index (χ3n) is 3.98. The number of nitrogens with zero attached hydrogens (tertiary/aromatic N) is 3. The Balaban J connectivity index is 1.83. The molecule has 2 amide bonds. The van der Waals surface area contributed by atoms with Crippen LogP contribution in [0.4, 0.5) is 10.6 Å². The second-order valence-corrected chi connectivity index (χ2v) is 6.14. The lowest BCUT2D eigenvalue weighted by Crippen LogP contribution is -2.34. The number of hydrogen-bond acceptors (Lipinski definition) is 3. The number of carbonyl (C=O) groups excluding carboxylic acids is 1. The van der Waals surface area contributed by atoms with Crippen molar-refractivity contribution in [2.24, 2.45) is 0 Å². The summed E-state index contributed by atoms with van der Waals surface area (Å²) in [6, 6.07) is 11.7. The molecule has 6 nitrogen and oxygen atoms in total. The van der Waals surface area contributed by atoms with Crippen molar-refractivity contribution in [2.75, 3.05) is 18.4 Å². The zero-order valence-electron chi connectivity index (χ0n) is 13.4. The largest absolute Gasteiger partial charge is 0.391 e. The van der Waals surface area contributed by atoms with Gasteiger partial charge in [-0.2, -0.15) is 5.10 Å². The summed E-state index contributed by atoms with van der Waals surface area (Å²) >= 11 is 0. The van der Waals surface area contributed by atoms with Crippen LogP contribution in [0.1, 0.15) is 26.3 Å². The summed E-state index contributed by atoms with van der Waals surface area (Å²) in [5, 5.41) is 17.1. The number of hydrogen-bond donors (Lipinski definition) is 2. The fraction of sp³-hybridized carbons (Fsp3) is 0.412. The lowest BCUT2D eigenvalue weighted by molar-refractivity contribution is 0.176. The van der Waals surface area contributed by atoms with Crippen molar-refractivity contribution in [3.8, 4) is 11.3 Å². The van der Waals surface area contributed by atoms with Crippen molar-refractivity contribution in [3.05, 3.63) is 36.4 Å². The molecule has 1 aliphatic rings. The molecule has 1 fully saturated rings. The molecule has 0 saturated carbocycles. The van der Waals surface area contributed by atoms with Crippen LogP contribution in [0.15, 0.2) is 36.4 Å². The van der Waals surface area contributed by atoms with Gasteiger partial charge in [-0.15, -0.1) is 0 Å². The van der Waals surface area contributed by atoms with Gasteiger partial charge in [-0.1, -0.05) is 30.3 Å². The molecule has 0 aliphatic carbocycles. The van der Waals surface area contributed by atoms with Crippen LogP contribution in [0.2, 0.25) is 0 Å². The molecule has 1 saturated heterocycles. The normalized spacial score (nSPS) is 17.7. The predicted molar refractivity (Wildman–Crippen MR) is 89.3 cm³/mol. The van der Waals surface area contributed by atoms with Gasteiger partial charge in [0, 0.05) is 30.8 Å². The van der Waals surface area contributed by atoms with Crippen LogP contribution < -0.4 is 5.32 Å². The van der Waals surface area contributed by atoms with Gasteiger partial charge in [-0.25, -0.2) is 9.48 Å². The van der Waals surface area contributed by atoms with Crippen molar-refractivity contribution in [1.82, 2.24) is 14.7 Å². The number of benzene rings is 1. The Bertz CT molecular complexity index is 681. The maximum Gasteiger partial charge on any atom is 0.323 e. The number of aliphatic hydroxyl groups is 1. The maximum atomic E-state index is 12.3. The quantitative estimate of drug-likeness (QED) is 0.915. The standard InChI is InChI=1S/C17H22N4O2/c1-12(2)21-16(18-17(23)20-9-8-14(22)11-20)10-15(19-21)13-6-4-3-5-7-13/h3-7,10,12,14,22H,8-9,11H2,1-2H3,(H,18,23)/t14-/m1/s1. The number of aromatic nitrogens is 2. The molecule has 1 atom stereocenters. The van der Waals surface area contributed by atoms with Gasteiger partial charge in [0.15, 0.2) is 0 Å². The third kappa shape index (κ3) is 3.37. The van der Waals surface area contributed by atoms with Crippen molar-refractivity contribution < 1.29 is 9.90 Å². The minimum atomic E-state index is -0.421. The minimum absolute atomic E-state index is 0.131. The van der Waals surface area contributed by atoms with Crippen LogP contribution in [-0.4, -0.2) is 45.0 Å². The topological polar surface area (TPSA) is 70.4 Å². The smallest absolute Gasteiger partial charge is 0.323 e. The van der Waals surface area contributed by atoms with Crippen LogP contribution in [0.5, 0.6) is 0 Å². The molecule has 0 spiro atoms. The van der Waals surface area contributed by atoms with Crippen molar-refractivity contribution in [1.29, 1.82) is 0 Å². The monoisotopic (exact) mass is 314 g/mol. The highest BCUT2D eigenvalue weighted by molar-refractivity contribution is 5.89. The second kappa shape index (κ2) is 6.42. The number of aliphatic hydroxyl groups excluding tert-OH is 1. The number of β-amino-alcohol motifs (C(OH)–C–C–N with tert-alkyl or cyclic N) is 1. The van der Waals surface area contributed by atoms with Gasteiger partial charge in [-0.3, -0.25) is 5.32 Å². The molecule has 2 N–H and O–H groups in total. The number of rotatable bonds is 3. The molecule has 3 rings (SSSR count). The van der Waals surface area contributed by atoms with E-state index in [-0.39, 0.29) is 12.1 Å². The number of anilines is 1. The number of urea groups is 1. The van der Waals surface area contributed by atoms with Gasteiger partial charge >= 0.3 is 6.03 Å². The first kappa shape index (κ1) is 15.6. The Labute approximate surface area is 135 Å². The summed E-state index contributed by atoms with van der Waals surface area (Å²) in [6.07, 6.45) is 0.210. The van der Waals surface area contributed by atoms with Crippen LogP contribution in [0, 0.1) is 0 Å². The highest BCUT2D eigenvalue weighted by Gasteiger charge is 2.25. The van der Waals surface area contributed by atoms with E-state index in [4.69, 9.17) is 0 Å². The molecule has 1 aliphatic heterocycles. The molecule has 23 heavy (non-hydrogen) atoms. The third-order valence-corrected chi connectivity index (χ3v) is 3.98. The van der Waals surface area contributed by atoms with E-state index in [1.807, 2.05) is 54.9 Å². The van der Waals surface area contributed by atoms with Gasteiger partial charge in [0.25, 0.3) is 0 Å². The summed E-state index contributed by atoms with van der Waals surface area (Å²) < 4.78 is 1.81. The first-order valence-electron chi connectivity index (χ1n) is 7.93. The van der Waals surface area contributed by atoms with E-state index in [1.165, 1.54) is 0 Å². The van der Waals surface area contributed by atoms with E-state index in [9.17, 15) is 9.90 Å². The van der Waals surface area contributed by atoms with E-state index < -0.39 is 6.10 Å². The summed E-state index contributed by atoms with van der Waals surface area (Å²) in [5.41, 5.74) is 1.84. The van der Waals surface area contributed by atoms with Gasteiger partial charge in [0.2, 0.25) is 0 Å². The number of likely N-dealkylation sites (tertiary alicyclic amines) is 1. The molecule has 1 aromatic heterocycles. The molecule has 6 heteroatoms. The fourth-order valence-electron chi connectivity index (χ4n) is 2.75. The Kier molecular flexibility index (Phi) is 4.34. The SMILES string of the molecule is CC(C)n1nc(-c2ccccc2)cc1NC(=O)N1CC[C@@H](O)C1. The van der Waals surface area contributed by atoms with Crippen LogP contribution in [-0.2, 0) is 0 Å². The van der Waals surface area contributed by atoms with E-state index in [1.54, 1.807) is 4.90 Å². The maximum absolute atomic E-state index is 12.3. The average molecular weight is 314 g/mol. The molecule has 2 aromatic rings. The summed E-state index contributed by atoms with van der Waals surface area (Å²) in [4.78, 5) is 14.0. The minimum Gasteiger partial charge on any atom is -0.391 e. The van der Waals surface area contributed by atoms with Gasteiger partial charge < -0.3 is 10.0 Å². The van der Waals surface area contributed by atoms with E-state index in [2.05, 4.69) is 10.4 Å². The molecule has 0 radical (unpaired) electrons. The van der Waals surface area contributed by atoms with E-state index in [0.29, 0.717) is 25.3 Å². The Morgan fingerprint density at radius 1 is 1.35 bits per heavy atom. The van der Waals surface area contributed by atoms with Crippen LogP contribution >= 0.6 is 0 Å². The molecule has 122 valence electrons. The number of carbonyl (C=O) groups is 1. The highest BCUT2D eigenvalue weighted by Crippen LogP contribution is 2.25. The molecule has 0 bridgehead atoms. The molecule has 0 unspecified atom stereocenters. The molecule has 2 heterocycles. The predicted octanol–water partition coefficient (Wildman–Crippen LogP) is 2.73. The van der Waals surface area contributed by atoms with E-state index in [0.717, 1.165) is 11.3 Å². The Hall–Kier alpha value is -2.34. The van der Waals surface area contributed by atoms with Gasteiger partial charge in [0.1, 0.15) is 5.82 Å². The van der Waals surface area contributed by atoms with Gasteiger partial charge in [0.05, 0.1) is 11.8 Å². The molecular weight excluding hydrogens is 292 g/mol. The Morgan fingerprint density at radius 2 is 2.09 bits per heavy atom. The molecule has 1 aromatic carbocycles. The van der Waals surface area contributed by atoms with Gasteiger partial charge in [-0.05, 0) is 20.3 Å². The molecular formula is C17H22N4O2. The number of nitrogens with one attached hydrogen (secondary N) is 1. The lowest BCUT2D eigenvalue weighted by atomic mass is 10.2. The zero-order valence-corrected chi connectivity index (χ0v) is 13.4. The lowest BCUT2D eigenvalue weighted by Gasteiger charge is -2.18. The average Bonchev–Trinajstić information content (AvgIpc) is 3.15. The van der Waals surface area contributed by atoms with Crippen LogP contribution in [0.3, 0.4) is 0 Å². The van der Waals surface area contributed by atoms with Crippen molar-refractivity contribution >= 4 is 11.8 Å². The van der Waals surface area contributed by atoms with Crippen LogP contribution in [0.25, 0.3) is 11.3 Å². The summed E-state index contributed by atoms with van der Waals surface area (Å²) in [7, 11) is 0. The fourth-order valence-corrected chi connectivity index (χ4v) is 2.75. The number of amides is 2. The van der Waals surface area contributed by atoms with E-state index >= 15 is 0 Å². The van der Waals surface area contributed by atoms with Crippen molar-refractivity contribution in [3.63, 3.8) is 0 Å². The van der Waals surface area contributed by atoms with Crippen molar-refractivity contribution in [2.45, 2.75) is 32.4 Å².